The molecular formula is C31H34ClN7O10. The van der Waals surface area contributed by atoms with Crippen molar-refractivity contribution in [3.8, 4) is 22.5 Å². The highest BCUT2D eigenvalue weighted by Gasteiger charge is 2.25. The molecule has 49 heavy (non-hydrogen) atoms. The molecule has 2 aromatic carbocycles. The van der Waals surface area contributed by atoms with Gasteiger partial charge in [-0.15, -0.1) is 25.1 Å². The fourth-order valence-electron chi connectivity index (χ4n) is 4.63. The first-order valence-corrected chi connectivity index (χ1v) is 15.6. The number of aromatic nitrogens is 6. The van der Waals surface area contributed by atoms with E-state index >= 15 is 0 Å². The fourth-order valence-corrected chi connectivity index (χ4v) is 4.91. The molecule has 0 N–H and O–H groups in total. The number of hydrogen-bond acceptors (Lipinski definition) is 14. The standard InChI is InChI=1S/C31H34ClN7O10/c1-4-5-11-26-33-28(32)27(30(41)49-21(3)46-19-40)37(26)18-22-12-14-23(15-13-22)24-9-6-7-10-25(24)29-34-36-38(35-29)20(2)48-31(42)45-16-8-17-47-39(43)44/h6-7,9-10,12-15,19-21H,4-5,8,11,16-18H2,1-3H3. The molecule has 0 bridgehead atoms. The van der Waals surface area contributed by atoms with Crippen LogP contribution in [0.4, 0.5) is 4.79 Å². The number of ether oxygens (including phenoxy) is 4. The Hall–Kier alpha value is -5.58. The second-order valence-corrected chi connectivity index (χ2v) is 10.8. The third kappa shape index (κ3) is 9.96. The number of rotatable bonds is 18. The van der Waals surface area contributed by atoms with Gasteiger partial charge in [0.2, 0.25) is 18.3 Å². The molecule has 0 saturated carbocycles. The van der Waals surface area contributed by atoms with Crippen molar-refractivity contribution in [2.75, 3.05) is 13.2 Å². The highest BCUT2D eigenvalue weighted by molar-refractivity contribution is 6.32. The summed E-state index contributed by atoms with van der Waals surface area (Å²) >= 11 is 6.40. The van der Waals surface area contributed by atoms with Crippen molar-refractivity contribution >= 4 is 30.2 Å². The minimum atomic E-state index is -1.10. The summed E-state index contributed by atoms with van der Waals surface area (Å²) in [5, 5.41) is 21.8. The Kier molecular flexibility index (Phi) is 13.0. The normalized spacial score (nSPS) is 12.1. The van der Waals surface area contributed by atoms with Crippen LogP contribution in [-0.2, 0) is 41.5 Å². The molecule has 0 radical (unpaired) electrons. The molecule has 4 rings (SSSR count). The van der Waals surface area contributed by atoms with Crippen molar-refractivity contribution in [2.24, 2.45) is 0 Å². The average molecular weight is 700 g/mol. The van der Waals surface area contributed by atoms with E-state index in [4.69, 9.17) is 30.5 Å². The number of tetrazole rings is 1. The maximum Gasteiger partial charge on any atom is 0.510 e. The molecule has 2 aromatic heterocycles. The average Bonchev–Trinajstić information content (AvgIpc) is 3.68. The topological polar surface area (TPSA) is 202 Å². The Labute approximate surface area is 285 Å². The minimum absolute atomic E-state index is 0.00240. The van der Waals surface area contributed by atoms with Crippen LogP contribution in [0.3, 0.4) is 0 Å². The van der Waals surface area contributed by atoms with Crippen molar-refractivity contribution in [3.05, 3.63) is 80.9 Å². The van der Waals surface area contributed by atoms with E-state index in [1.165, 1.54) is 13.8 Å². The number of hydrogen-bond donors (Lipinski definition) is 0. The molecule has 4 aromatic rings. The molecule has 17 nitrogen and oxygen atoms in total. The van der Waals surface area contributed by atoms with E-state index in [-0.39, 0.29) is 49.3 Å². The summed E-state index contributed by atoms with van der Waals surface area (Å²) in [6, 6.07) is 15.1. The first-order valence-electron chi connectivity index (χ1n) is 15.2. The lowest BCUT2D eigenvalue weighted by Crippen LogP contribution is -2.21. The summed E-state index contributed by atoms with van der Waals surface area (Å²) in [6.45, 7) is 5.11. The summed E-state index contributed by atoms with van der Waals surface area (Å²) < 4.78 is 21.7. The number of nitrogens with zero attached hydrogens (tertiary/aromatic N) is 7. The zero-order chi connectivity index (χ0) is 35.3. The van der Waals surface area contributed by atoms with Crippen LogP contribution in [0.5, 0.6) is 0 Å². The van der Waals surface area contributed by atoms with Crippen LogP contribution in [0.25, 0.3) is 22.5 Å². The van der Waals surface area contributed by atoms with Crippen molar-refractivity contribution in [1.29, 1.82) is 0 Å². The van der Waals surface area contributed by atoms with Gasteiger partial charge in [0, 0.05) is 31.9 Å². The Morgan fingerprint density at radius 2 is 1.78 bits per heavy atom. The van der Waals surface area contributed by atoms with Crippen molar-refractivity contribution in [2.45, 2.75) is 65.5 Å². The number of benzene rings is 2. The predicted octanol–water partition coefficient (Wildman–Crippen LogP) is 5.19. The van der Waals surface area contributed by atoms with Crippen LogP contribution in [0.15, 0.2) is 48.5 Å². The van der Waals surface area contributed by atoms with E-state index in [1.54, 1.807) is 4.57 Å². The first-order chi connectivity index (χ1) is 23.6. The molecule has 0 aliphatic carbocycles. The molecule has 0 amide bonds. The second kappa shape index (κ2) is 17.5. The monoisotopic (exact) mass is 699 g/mol. The fraction of sp³-hybridized carbons (Fsp3) is 0.387. The summed E-state index contributed by atoms with van der Waals surface area (Å²) in [7, 11) is 0. The van der Waals surface area contributed by atoms with Crippen molar-refractivity contribution in [1.82, 2.24) is 29.8 Å². The minimum Gasteiger partial charge on any atom is -0.434 e. The van der Waals surface area contributed by atoms with Gasteiger partial charge in [-0.25, -0.2) is 14.6 Å². The molecule has 0 fully saturated rings. The molecule has 260 valence electrons. The van der Waals surface area contributed by atoms with Gasteiger partial charge >= 0.3 is 12.1 Å². The van der Waals surface area contributed by atoms with Crippen molar-refractivity contribution in [3.63, 3.8) is 0 Å². The predicted molar refractivity (Wildman–Crippen MR) is 170 cm³/mol. The van der Waals surface area contributed by atoms with Crippen LogP contribution in [0.2, 0.25) is 5.15 Å². The quantitative estimate of drug-likeness (QED) is 0.0327. The van der Waals surface area contributed by atoms with Gasteiger partial charge in [0.05, 0.1) is 13.2 Å². The third-order valence-electron chi connectivity index (χ3n) is 6.97. The lowest BCUT2D eigenvalue weighted by Gasteiger charge is -2.15. The molecular weight excluding hydrogens is 666 g/mol. The highest BCUT2D eigenvalue weighted by Crippen LogP contribution is 2.31. The van der Waals surface area contributed by atoms with E-state index in [9.17, 15) is 24.5 Å². The molecule has 0 aliphatic rings. The Morgan fingerprint density at radius 1 is 1.04 bits per heavy atom. The summed E-state index contributed by atoms with van der Waals surface area (Å²) in [6.07, 6.45) is -0.622. The number of unbranched alkanes of at least 4 members (excludes halogenated alkanes) is 1. The zero-order valence-corrected chi connectivity index (χ0v) is 27.6. The Bertz CT molecular complexity index is 1740. The second-order valence-electron chi connectivity index (χ2n) is 10.5. The van der Waals surface area contributed by atoms with Crippen LogP contribution in [-0.4, -0.2) is 72.9 Å². The Balaban J connectivity index is 1.49. The van der Waals surface area contributed by atoms with Gasteiger partial charge in [-0.05, 0) is 35.2 Å². The molecule has 0 spiro atoms. The molecule has 2 atom stereocenters. The maximum atomic E-state index is 13.0. The SMILES string of the molecule is CCCCc1nc(Cl)c(C(=O)OC(C)OC=O)n1Cc1ccc(-c2ccccc2-c2nnn(C(C)OC(=O)OCCCO[N+](=O)[O-])n2)cc1. The highest BCUT2D eigenvalue weighted by atomic mass is 35.5. The molecule has 2 unspecified atom stereocenters. The van der Waals surface area contributed by atoms with Crippen LogP contribution >= 0.6 is 11.6 Å². The van der Waals surface area contributed by atoms with E-state index < -0.39 is 29.7 Å². The first kappa shape index (κ1) is 36.3. The third-order valence-corrected chi connectivity index (χ3v) is 7.23. The smallest absolute Gasteiger partial charge is 0.434 e. The largest absolute Gasteiger partial charge is 0.510 e. The number of aryl methyl sites for hydroxylation is 1. The van der Waals surface area contributed by atoms with Gasteiger partial charge < -0.3 is 28.4 Å². The molecule has 18 heteroatoms. The van der Waals surface area contributed by atoms with E-state index in [2.05, 4.69) is 25.2 Å². The summed E-state index contributed by atoms with van der Waals surface area (Å²) in [5.41, 5.74) is 3.24. The lowest BCUT2D eigenvalue weighted by atomic mass is 9.98. The van der Waals surface area contributed by atoms with E-state index in [1.807, 2.05) is 55.5 Å². The van der Waals surface area contributed by atoms with Crippen molar-refractivity contribution < 1.29 is 43.3 Å². The van der Waals surface area contributed by atoms with Crippen LogP contribution < -0.4 is 0 Å². The van der Waals surface area contributed by atoms with Crippen LogP contribution in [0, 0.1) is 10.1 Å². The summed E-state index contributed by atoms with van der Waals surface area (Å²) in [4.78, 5) is 55.6. The van der Waals surface area contributed by atoms with Gasteiger partial charge in [0.15, 0.2) is 10.8 Å². The number of esters is 1. The number of imidazole rings is 1. The lowest BCUT2D eigenvalue weighted by molar-refractivity contribution is -0.757. The zero-order valence-electron chi connectivity index (χ0n) is 26.9. The number of carbonyl (C=O) groups is 3. The molecule has 2 heterocycles. The van der Waals surface area contributed by atoms with Gasteiger partial charge in [-0.1, -0.05) is 73.5 Å². The molecule has 0 saturated heterocycles. The maximum absolute atomic E-state index is 13.0. The van der Waals surface area contributed by atoms with Crippen LogP contribution in [0.1, 0.15) is 68.1 Å². The van der Waals surface area contributed by atoms with Gasteiger partial charge in [-0.2, -0.15) is 0 Å². The van der Waals surface area contributed by atoms with Gasteiger partial charge in [0.1, 0.15) is 5.82 Å². The Morgan fingerprint density at radius 3 is 2.47 bits per heavy atom. The van der Waals surface area contributed by atoms with E-state index in [0.717, 1.165) is 34.3 Å². The number of halogens is 1. The van der Waals surface area contributed by atoms with Gasteiger partial charge in [0.25, 0.3) is 11.6 Å². The summed E-state index contributed by atoms with van der Waals surface area (Å²) in [5.74, 6) is 0.141. The number of carbonyl (C=O) groups excluding carboxylic acids is 3. The van der Waals surface area contributed by atoms with Gasteiger partial charge in [-0.3, -0.25) is 4.79 Å². The van der Waals surface area contributed by atoms with E-state index in [0.29, 0.717) is 17.8 Å². The molecule has 0 aliphatic heterocycles.